The van der Waals surface area contributed by atoms with E-state index >= 15 is 0 Å². The Labute approximate surface area is 94.5 Å². The third-order valence-electron chi connectivity index (χ3n) is 3.33. The van der Waals surface area contributed by atoms with Gasteiger partial charge in [0.05, 0.1) is 0 Å². The van der Waals surface area contributed by atoms with Gasteiger partial charge in [0.2, 0.25) is 0 Å². The van der Waals surface area contributed by atoms with Crippen LogP contribution in [0.2, 0.25) is 0 Å². The molecule has 2 heteroatoms. The van der Waals surface area contributed by atoms with Crippen LogP contribution in [0, 0.1) is 5.92 Å². The largest absolute Gasteiger partial charge is 0.396 e. The van der Waals surface area contributed by atoms with E-state index in [0.29, 0.717) is 6.61 Å². The van der Waals surface area contributed by atoms with E-state index in [1.807, 2.05) is 0 Å². The van der Waals surface area contributed by atoms with Gasteiger partial charge in [-0.1, -0.05) is 32.6 Å². The smallest absolute Gasteiger partial charge is 0.0431 e. The fourth-order valence-corrected chi connectivity index (χ4v) is 2.05. The molecule has 0 spiro atoms. The standard InChI is InChI=1S/C13H27NO/c1-2-13(11-12-7-8-12)14-9-5-3-4-6-10-15/h12-15H,2-11H2,1H3. The first-order valence-corrected chi connectivity index (χ1v) is 6.71. The van der Waals surface area contributed by atoms with E-state index in [4.69, 9.17) is 5.11 Å². The molecule has 0 heterocycles. The molecule has 2 nitrogen and oxygen atoms in total. The van der Waals surface area contributed by atoms with Crippen molar-refractivity contribution in [3.8, 4) is 0 Å². The van der Waals surface area contributed by atoms with E-state index in [2.05, 4.69) is 12.2 Å². The van der Waals surface area contributed by atoms with Gasteiger partial charge in [-0.25, -0.2) is 0 Å². The van der Waals surface area contributed by atoms with Crippen molar-refractivity contribution in [3.63, 3.8) is 0 Å². The molecule has 0 aromatic carbocycles. The normalized spacial score (nSPS) is 18.0. The number of hydrogen-bond acceptors (Lipinski definition) is 2. The first kappa shape index (κ1) is 13.0. The molecule has 1 aliphatic rings. The molecule has 90 valence electrons. The molecular formula is C13H27NO. The summed E-state index contributed by atoms with van der Waals surface area (Å²) in [4.78, 5) is 0. The number of aliphatic hydroxyl groups excluding tert-OH is 1. The predicted molar refractivity (Wildman–Crippen MR) is 65.0 cm³/mol. The first-order valence-electron chi connectivity index (χ1n) is 6.71. The van der Waals surface area contributed by atoms with Crippen molar-refractivity contribution in [1.82, 2.24) is 5.32 Å². The maximum atomic E-state index is 8.64. The third-order valence-corrected chi connectivity index (χ3v) is 3.33. The summed E-state index contributed by atoms with van der Waals surface area (Å²) < 4.78 is 0. The molecule has 1 unspecified atom stereocenters. The van der Waals surface area contributed by atoms with Crippen molar-refractivity contribution in [2.75, 3.05) is 13.2 Å². The molecule has 0 aliphatic heterocycles. The molecule has 0 aromatic heterocycles. The van der Waals surface area contributed by atoms with E-state index < -0.39 is 0 Å². The van der Waals surface area contributed by atoms with E-state index in [9.17, 15) is 0 Å². The average molecular weight is 213 g/mol. The molecule has 15 heavy (non-hydrogen) atoms. The van der Waals surface area contributed by atoms with Crippen molar-refractivity contribution >= 4 is 0 Å². The summed E-state index contributed by atoms with van der Waals surface area (Å²) >= 11 is 0. The van der Waals surface area contributed by atoms with Crippen LogP contribution in [0.25, 0.3) is 0 Å². The zero-order valence-corrected chi connectivity index (χ0v) is 10.2. The average Bonchev–Trinajstić information content (AvgIpc) is 3.05. The van der Waals surface area contributed by atoms with Gasteiger partial charge in [0.25, 0.3) is 0 Å². The minimum atomic E-state index is 0.354. The van der Waals surface area contributed by atoms with Crippen LogP contribution < -0.4 is 5.32 Å². The lowest BCUT2D eigenvalue weighted by Gasteiger charge is -2.16. The monoisotopic (exact) mass is 213 g/mol. The molecule has 1 rings (SSSR count). The third kappa shape index (κ3) is 6.91. The lowest BCUT2D eigenvalue weighted by atomic mass is 10.1. The summed E-state index contributed by atoms with van der Waals surface area (Å²) in [6, 6.07) is 0.760. The number of hydrogen-bond donors (Lipinski definition) is 2. The molecule has 0 saturated heterocycles. The Kier molecular flexibility index (Phi) is 7.03. The zero-order valence-electron chi connectivity index (χ0n) is 10.2. The molecule has 0 bridgehead atoms. The van der Waals surface area contributed by atoms with Crippen molar-refractivity contribution in [3.05, 3.63) is 0 Å². The molecule has 1 atom stereocenters. The predicted octanol–water partition coefficient (Wildman–Crippen LogP) is 2.71. The molecule has 1 fully saturated rings. The number of unbranched alkanes of at least 4 members (excludes halogenated alkanes) is 3. The van der Waals surface area contributed by atoms with Crippen LogP contribution in [0.15, 0.2) is 0 Å². The van der Waals surface area contributed by atoms with Crippen LogP contribution in [0.5, 0.6) is 0 Å². The van der Waals surface area contributed by atoms with Gasteiger partial charge in [0.15, 0.2) is 0 Å². The summed E-state index contributed by atoms with van der Waals surface area (Å²) in [5, 5.41) is 12.3. The number of rotatable bonds is 10. The van der Waals surface area contributed by atoms with E-state index in [0.717, 1.165) is 24.9 Å². The van der Waals surface area contributed by atoms with Crippen molar-refractivity contribution in [1.29, 1.82) is 0 Å². The minimum absolute atomic E-state index is 0.354. The van der Waals surface area contributed by atoms with Crippen LogP contribution in [0.4, 0.5) is 0 Å². The van der Waals surface area contributed by atoms with Gasteiger partial charge in [0, 0.05) is 12.6 Å². The summed E-state index contributed by atoms with van der Waals surface area (Å²) in [5.74, 6) is 1.04. The van der Waals surface area contributed by atoms with Crippen molar-refractivity contribution in [2.24, 2.45) is 5.92 Å². The quantitative estimate of drug-likeness (QED) is 0.547. The lowest BCUT2D eigenvalue weighted by Crippen LogP contribution is -2.29. The molecule has 0 aromatic rings. The van der Waals surface area contributed by atoms with Crippen molar-refractivity contribution in [2.45, 2.75) is 64.3 Å². The van der Waals surface area contributed by atoms with Crippen LogP contribution in [-0.2, 0) is 0 Å². The zero-order chi connectivity index (χ0) is 10.9. The topological polar surface area (TPSA) is 32.3 Å². The minimum Gasteiger partial charge on any atom is -0.396 e. The fraction of sp³-hybridized carbons (Fsp3) is 1.00. The molecule has 0 amide bonds. The maximum Gasteiger partial charge on any atom is 0.0431 e. The van der Waals surface area contributed by atoms with Crippen LogP contribution in [0.1, 0.15) is 58.3 Å². The number of aliphatic hydroxyl groups is 1. The molecule has 1 saturated carbocycles. The molecule has 1 aliphatic carbocycles. The fourth-order valence-electron chi connectivity index (χ4n) is 2.05. The number of nitrogens with one attached hydrogen (secondary N) is 1. The Morgan fingerprint density at radius 3 is 2.53 bits per heavy atom. The van der Waals surface area contributed by atoms with Gasteiger partial charge in [0.1, 0.15) is 0 Å². The van der Waals surface area contributed by atoms with E-state index in [-0.39, 0.29) is 0 Å². The Bertz CT molecular complexity index is 145. The Balaban J connectivity index is 1.87. The van der Waals surface area contributed by atoms with Gasteiger partial charge in [-0.05, 0) is 38.1 Å². The summed E-state index contributed by atoms with van der Waals surface area (Å²) in [6.07, 6.45) is 10.3. The highest BCUT2D eigenvalue weighted by Gasteiger charge is 2.24. The van der Waals surface area contributed by atoms with Gasteiger partial charge in [-0.15, -0.1) is 0 Å². The van der Waals surface area contributed by atoms with E-state index in [1.54, 1.807) is 0 Å². The molecular weight excluding hydrogens is 186 g/mol. The lowest BCUT2D eigenvalue weighted by molar-refractivity contribution is 0.282. The Morgan fingerprint density at radius 2 is 1.93 bits per heavy atom. The second-order valence-electron chi connectivity index (χ2n) is 4.88. The van der Waals surface area contributed by atoms with Crippen LogP contribution in [-0.4, -0.2) is 24.3 Å². The van der Waals surface area contributed by atoms with Crippen LogP contribution >= 0.6 is 0 Å². The highest BCUT2D eigenvalue weighted by molar-refractivity contribution is 4.79. The SMILES string of the molecule is CCC(CC1CC1)NCCCCCCO. The molecule has 2 N–H and O–H groups in total. The first-order chi connectivity index (χ1) is 7.36. The van der Waals surface area contributed by atoms with Gasteiger partial charge in [-0.2, -0.15) is 0 Å². The summed E-state index contributed by atoms with van der Waals surface area (Å²) in [5.41, 5.74) is 0. The van der Waals surface area contributed by atoms with Gasteiger partial charge in [-0.3, -0.25) is 0 Å². The summed E-state index contributed by atoms with van der Waals surface area (Å²) in [6.45, 7) is 3.80. The van der Waals surface area contributed by atoms with Gasteiger partial charge >= 0.3 is 0 Å². The maximum absolute atomic E-state index is 8.64. The van der Waals surface area contributed by atoms with E-state index in [1.165, 1.54) is 44.9 Å². The Morgan fingerprint density at radius 1 is 1.20 bits per heavy atom. The summed E-state index contributed by atoms with van der Waals surface area (Å²) in [7, 11) is 0. The second-order valence-corrected chi connectivity index (χ2v) is 4.88. The van der Waals surface area contributed by atoms with Crippen LogP contribution in [0.3, 0.4) is 0 Å². The Hall–Kier alpha value is -0.0800. The van der Waals surface area contributed by atoms with Gasteiger partial charge < -0.3 is 10.4 Å². The second kappa shape index (κ2) is 8.12. The molecule has 0 radical (unpaired) electrons. The highest BCUT2D eigenvalue weighted by atomic mass is 16.2. The highest BCUT2D eigenvalue weighted by Crippen LogP contribution is 2.33. The van der Waals surface area contributed by atoms with Crippen molar-refractivity contribution < 1.29 is 5.11 Å².